The lowest BCUT2D eigenvalue weighted by Crippen LogP contribution is -2.56. The van der Waals surface area contributed by atoms with Crippen LogP contribution in [0.1, 0.15) is 23.6 Å². The molecule has 0 amide bonds. The van der Waals surface area contributed by atoms with E-state index in [-0.39, 0.29) is 24.0 Å². The van der Waals surface area contributed by atoms with Crippen molar-refractivity contribution in [1.29, 1.82) is 0 Å². The summed E-state index contributed by atoms with van der Waals surface area (Å²) in [5.74, 6) is 0.780. The molecule has 0 saturated carbocycles. The molecule has 2 heterocycles. The molecular formula is C16H26F3IN4S. The largest absolute Gasteiger partial charge is 0.403 e. The fraction of sp³-hybridized carbons (Fsp3) is 0.688. The van der Waals surface area contributed by atoms with Crippen LogP contribution in [0.5, 0.6) is 0 Å². The number of halogens is 4. The summed E-state index contributed by atoms with van der Waals surface area (Å²) < 4.78 is 38.5. The second-order valence-electron chi connectivity index (χ2n) is 5.92. The van der Waals surface area contributed by atoms with E-state index in [0.29, 0.717) is 32.7 Å². The van der Waals surface area contributed by atoms with Crippen molar-refractivity contribution in [2.45, 2.75) is 39.5 Å². The predicted molar refractivity (Wildman–Crippen MR) is 108 cm³/mol. The van der Waals surface area contributed by atoms with E-state index in [1.165, 1.54) is 21.6 Å². The topological polar surface area (TPSA) is 30.9 Å². The van der Waals surface area contributed by atoms with Crippen LogP contribution in [-0.2, 0) is 6.54 Å². The molecule has 1 saturated heterocycles. The molecule has 1 unspecified atom stereocenters. The maximum Gasteiger partial charge on any atom is 0.403 e. The molecule has 25 heavy (non-hydrogen) atoms. The minimum absolute atomic E-state index is 0. The Kier molecular flexibility index (Phi) is 8.96. The Labute approximate surface area is 168 Å². The van der Waals surface area contributed by atoms with Crippen molar-refractivity contribution < 1.29 is 13.2 Å². The van der Waals surface area contributed by atoms with Crippen LogP contribution in [0.15, 0.2) is 17.1 Å². The number of nitrogens with one attached hydrogen (secondary N) is 1. The first-order chi connectivity index (χ1) is 11.3. The molecule has 0 radical (unpaired) electrons. The third-order valence-electron chi connectivity index (χ3n) is 4.15. The van der Waals surface area contributed by atoms with E-state index in [4.69, 9.17) is 0 Å². The van der Waals surface area contributed by atoms with E-state index in [9.17, 15) is 13.2 Å². The van der Waals surface area contributed by atoms with E-state index in [2.05, 4.69) is 29.4 Å². The van der Waals surface area contributed by atoms with Crippen LogP contribution in [0.2, 0.25) is 0 Å². The van der Waals surface area contributed by atoms with Crippen molar-refractivity contribution >= 4 is 41.3 Å². The van der Waals surface area contributed by atoms with Gasteiger partial charge in [-0.2, -0.15) is 13.2 Å². The van der Waals surface area contributed by atoms with E-state index in [0.717, 1.165) is 12.5 Å². The molecule has 0 spiro atoms. The Bertz CT molecular complexity index is 554. The van der Waals surface area contributed by atoms with Crippen LogP contribution in [0.25, 0.3) is 0 Å². The predicted octanol–water partition coefficient (Wildman–Crippen LogP) is 3.71. The Morgan fingerprint density at radius 3 is 2.40 bits per heavy atom. The number of thiophene rings is 1. The standard InChI is InChI=1S/C16H25F3N4S.HI/c1-4-20-15(21-11-14-6-5-12(2)24-14)23-9-7-22(8-10-23)13(3)16(17,18)19;/h5-6,13H,4,7-11H2,1-3H3,(H,20,21);1H. The van der Waals surface area contributed by atoms with Crippen LogP contribution < -0.4 is 5.32 Å². The van der Waals surface area contributed by atoms with Crippen LogP contribution in [0, 0.1) is 6.92 Å². The van der Waals surface area contributed by atoms with Crippen LogP contribution in [-0.4, -0.2) is 60.7 Å². The van der Waals surface area contributed by atoms with Gasteiger partial charge in [-0.3, -0.25) is 4.90 Å². The van der Waals surface area contributed by atoms with Crippen LogP contribution in [0.4, 0.5) is 13.2 Å². The minimum atomic E-state index is -4.17. The van der Waals surface area contributed by atoms with Crippen molar-refractivity contribution in [1.82, 2.24) is 15.1 Å². The third-order valence-corrected chi connectivity index (χ3v) is 5.14. The number of aryl methyl sites for hydroxylation is 1. The number of aliphatic imine (C=N–C) groups is 1. The average Bonchev–Trinajstić information content (AvgIpc) is 2.95. The Morgan fingerprint density at radius 2 is 1.92 bits per heavy atom. The van der Waals surface area contributed by atoms with Gasteiger partial charge in [0.1, 0.15) is 6.04 Å². The summed E-state index contributed by atoms with van der Waals surface area (Å²) in [5, 5.41) is 3.24. The second-order valence-corrected chi connectivity index (χ2v) is 7.30. The molecule has 1 aromatic heterocycles. The number of guanidine groups is 1. The van der Waals surface area contributed by atoms with E-state index < -0.39 is 12.2 Å². The van der Waals surface area contributed by atoms with Crippen molar-refractivity contribution in [2.75, 3.05) is 32.7 Å². The summed E-state index contributed by atoms with van der Waals surface area (Å²) in [4.78, 5) is 10.6. The van der Waals surface area contributed by atoms with E-state index in [1.807, 2.05) is 11.8 Å². The smallest absolute Gasteiger partial charge is 0.357 e. The molecule has 4 nitrogen and oxygen atoms in total. The molecule has 9 heteroatoms. The molecule has 2 rings (SSSR count). The van der Waals surface area contributed by atoms with Gasteiger partial charge in [0.2, 0.25) is 0 Å². The lowest BCUT2D eigenvalue weighted by atomic mass is 10.2. The molecule has 1 N–H and O–H groups in total. The second kappa shape index (κ2) is 9.96. The van der Waals surface area contributed by atoms with Crippen LogP contribution >= 0.6 is 35.3 Å². The van der Waals surface area contributed by atoms with Crippen LogP contribution in [0.3, 0.4) is 0 Å². The van der Waals surface area contributed by atoms with Gasteiger partial charge < -0.3 is 10.2 Å². The first-order valence-electron chi connectivity index (χ1n) is 8.20. The van der Waals surface area contributed by atoms with Gasteiger partial charge in [-0.25, -0.2) is 4.99 Å². The molecule has 0 bridgehead atoms. The number of alkyl halides is 3. The lowest BCUT2D eigenvalue weighted by Gasteiger charge is -2.39. The van der Waals surface area contributed by atoms with Crippen molar-refractivity contribution in [3.8, 4) is 0 Å². The van der Waals surface area contributed by atoms with E-state index >= 15 is 0 Å². The molecule has 1 aliphatic rings. The zero-order valence-electron chi connectivity index (χ0n) is 14.8. The number of hydrogen-bond donors (Lipinski definition) is 1. The van der Waals surface area contributed by atoms with Gasteiger partial charge in [-0.1, -0.05) is 0 Å². The van der Waals surface area contributed by atoms with Crippen molar-refractivity contribution in [3.63, 3.8) is 0 Å². The van der Waals surface area contributed by atoms with Gasteiger partial charge >= 0.3 is 6.18 Å². The number of piperazine rings is 1. The summed E-state index contributed by atoms with van der Waals surface area (Å²) in [6, 6.07) is 2.74. The Balaban J connectivity index is 0.00000312. The summed E-state index contributed by atoms with van der Waals surface area (Å²) in [5.41, 5.74) is 0. The summed E-state index contributed by atoms with van der Waals surface area (Å²) >= 11 is 1.71. The van der Waals surface area contributed by atoms with Crippen molar-refractivity contribution in [3.05, 3.63) is 21.9 Å². The number of hydrogen-bond acceptors (Lipinski definition) is 3. The minimum Gasteiger partial charge on any atom is -0.357 e. The number of rotatable bonds is 4. The Hall–Kier alpha value is -0.550. The maximum absolute atomic E-state index is 12.8. The van der Waals surface area contributed by atoms with Gasteiger partial charge in [-0.05, 0) is 32.9 Å². The first-order valence-corrected chi connectivity index (χ1v) is 9.02. The Morgan fingerprint density at radius 1 is 1.28 bits per heavy atom. The SMILES string of the molecule is CCNC(=NCc1ccc(C)s1)N1CCN(C(C)C(F)(F)F)CC1.I. The van der Waals surface area contributed by atoms with Crippen molar-refractivity contribution in [2.24, 2.45) is 4.99 Å². The lowest BCUT2D eigenvalue weighted by molar-refractivity contribution is -0.181. The summed E-state index contributed by atoms with van der Waals surface area (Å²) in [7, 11) is 0. The highest BCUT2D eigenvalue weighted by Gasteiger charge is 2.41. The summed E-state index contributed by atoms with van der Waals surface area (Å²) in [6.45, 7) is 8.50. The molecule has 1 aliphatic heterocycles. The highest BCUT2D eigenvalue weighted by molar-refractivity contribution is 14.0. The monoisotopic (exact) mass is 490 g/mol. The van der Waals surface area contributed by atoms with Gasteiger partial charge in [-0.15, -0.1) is 35.3 Å². The highest BCUT2D eigenvalue weighted by Crippen LogP contribution is 2.25. The fourth-order valence-corrected chi connectivity index (χ4v) is 3.49. The third kappa shape index (κ3) is 6.59. The molecular weight excluding hydrogens is 464 g/mol. The molecule has 1 fully saturated rings. The zero-order valence-corrected chi connectivity index (χ0v) is 17.9. The molecule has 0 aliphatic carbocycles. The average molecular weight is 490 g/mol. The van der Waals surface area contributed by atoms with Gasteiger partial charge in [0, 0.05) is 42.5 Å². The molecule has 1 atom stereocenters. The molecule has 0 aromatic carbocycles. The maximum atomic E-state index is 12.8. The first kappa shape index (κ1) is 22.5. The zero-order chi connectivity index (χ0) is 17.7. The van der Waals surface area contributed by atoms with Gasteiger partial charge in [0.05, 0.1) is 6.54 Å². The normalized spacial score (nSPS) is 18.0. The summed E-state index contributed by atoms with van der Waals surface area (Å²) in [6.07, 6.45) is -4.17. The highest BCUT2D eigenvalue weighted by atomic mass is 127. The molecule has 1 aromatic rings. The quantitative estimate of drug-likeness (QED) is 0.397. The molecule has 144 valence electrons. The van der Waals surface area contributed by atoms with E-state index in [1.54, 1.807) is 11.3 Å². The number of nitrogens with zero attached hydrogens (tertiary/aromatic N) is 3. The van der Waals surface area contributed by atoms with Gasteiger partial charge in [0.25, 0.3) is 0 Å². The fourth-order valence-electron chi connectivity index (χ4n) is 2.68. The van der Waals surface area contributed by atoms with Gasteiger partial charge in [0.15, 0.2) is 5.96 Å².